The molecule has 2 amide bonds. The number of rotatable bonds is 4. The van der Waals surface area contributed by atoms with Gasteiger partial charge in [-0.1, -0.05) is 18.7 Å². The first-order valence-corrected chi connectivity index (χ1v) is 7.03. The lowest BCUT2D eigenvalue weighted by Gasteiger charge is -2.07. The van der Waals surface area contributed by atoms with Gasteiger partial charge in [-0.05, 0) is 35.4 Å². The van der Waals surface area contributed by atoms with Gasteiger partial charge >= 0.3 is 0 Å². The van der Waals surface area contributed by atoms with Crippen molar-refractivity contribution in [3.63, 3.8) is 0 Å². The normalized spacial score (nSPS) is 10.3. The number of fused-ring (bicyclic) bond motifs is 1. The minimum Gasteiger partial charge on any atom is -0.363 e. The number of amides is 2. The molecule has 3 rings (SSSR count). The van der Waals surface area contributed by atoms with Crippen molar-refractivity contribution in [3.8, 4) is 11.1 Å². The van der Waals surface area contributed by atoms with Gasteiger partial charge in [-0.2, -0.15) is 0 Å². The van der Waals surface area contributed by atoms with Crippen molar-refractivity contribution < 1.29 is 9.59 Å². The highest BCUT2D eigenvalue weighted by Gasteiger charge is 2.08. The zero-order chi connectivity index (χ0) is 17.1. The lowest BCUT2D eigenvalue weighted by molar-refractivity contribution is -0.111. The number of carbonyl (C=O) groups is 2. The number of carbonyl (C=O) groups excluding carboxylic acids is 2. The molecule has 3 N–H and O–H groups in total. The van der Waals surface area contributed by atoms with Crippen molar-refractivity contribution in [2.75, 3.05) is 5.32 Å². The van der Waals surface area contributed by atoms with Crippen LogP contribution in [0, 0.1) is 0 Å². The Kier molecular flexibility index (Phi) is 3.98. The van der Waals surface area contributed by atoms with Crippen LogP contribution in [-0.4, -0.2) is 26.8 Å². The van der Waals surface area contributed by atoms with Crippen molar-refractivity contribution in [1.82, 2.24) is 15.0 Å². The summed E-state index contributed by atoms with van der Waals surface area (Å²) in [6, 6.07) is 9.10. The first-order chi connectivity index (χ1) is 11.6. The summed E-state index contributed by atoms with van der Waals surface area (Å²) in [5.74, 6) is -0.635. The monoisotopic (exact) mass is 319 g/mol. The van der Waals surface area contributed by atoms with Gasteiger partial charge in [-0.15, -0.1) is 0 Å². The summed E-state index contributed by atoms with van der Waals surface area (Å²) in [7, 11) is 0. The fourth-order valence-corrected chi connectivity index (χ4v) is 2.18. The molecule has 118 valence electrons. The molecule has 0 unspecified atom stereocenters. The molecule has 0 aliphatic rings. The second kappa shape index (κ2) is 6.25. The molecule has 0 aliphatic heterocycles. The lowest BCUT2D eigenvalue weighted by Crippen LogP contribution is -2.14. The predicted octanol–water partition coefficient (Wildman–Crippen LogP) is 1.92. The fourth-order valence-electron chi connectivity index (χ4n) is 2.18. The molecule has 7 nitrogen and oxygen atoms in total. The number of nitrogens with one attached hydrogen (secondary N) is 1. The van der Waals surface area contributed by atoms with Crippen LogP contribution in [0.1, 0.15) is 10.6 Å². The Morgan fingerprint density at radius 3 is 2.67 bits per heavy atom. The van der Waals surface area contributed by atoms with Gasteiger partial charge in [0.25, 0.3) is 5.91 Å². The molecule has 1 aromatic carbocycles. The number of benzene rings is 1. The summed E-state index contributed by atoms with van der Waals surface area (Å²) >= 11 is 0. The van der Waals surface area contributed by atoms with E-state index >= 15 is 0 Å². The minimum atomic E-state index is -0.680. The van der Waals surface area contributed by atoms with Crippen LogP contribution >= 0.6 is 0 Å². The molecule has 0 aliphatic carbocycles. The van der Waals surface area contributed by atoms with E-state index in [9.17, 15) is 9.59 Å². The average Bonchev–Trinajstić information content (AvgIpc) is 2.60. The first kappa shape index (κ1) is 15.3. The molecular weight excluding hydrogens is 306 g/mol. The Morgan fingerprint density at radius 1 is 1.12 bits per heavy atom. The van der Waals surface area contributed by atoms with Gasteiger partial charge in [0.05, 0.1) is 5.52 Å². The number of nitrogens with zero attached hydrogens (tertiary/aromatic N) is 3. The van der Waals surface area contributed by atoms with Crippen LogP contribution in [0.4, 0.5) is 5.82 Å². The summed E-state index contributed by atoms with van der Waals surface area (Å²) in [6.07, 6.45) is 4.31. The van der Waals surface area contributed by atoms with Crippen LogP contribution < -0.4 is 11.1 Å². The van der Waals surface area contributed by atoms with Gasteiger partial charge in [-0.3, -0.25) is 9.59 Å². The van der Waals surface area contributed by atoms with Crippen molar-refractivity contribution in [1.29, 1.82) is 0 Å². The lowest BCUT2D eigenvalue weighted by atomic mass is 10.1. The molecule has 0 bridgehead atoms. The van der Waals surface area contributed by atoms with E-state index in [1.165, 1.54) is 6.08 Å². The molecule has 3 aromatic rings. The topological polar surface area (TPSA) is 111 Å². The Balaban J connectivity index is 2.02. The van der Waals surface area contributed by atoms with E-state index in [0.717, 1.165) is 16.5 Å². The molecule has 0 spiro atoms. The van der Waals surface area contributed by atoms with E-state index in [-0.39, 0.29) is 11.7 Å². The van der Waals surface area contributed by atoms with E-state index in [1.807, 2.05) is 18.2 Å². The zero-order valence-electron chi connectivity index (χ0n) is 12.6. The predicted molar refractivity (Wildman–Crippen MR) is 90.1 cm³/mol. The maximum Gasteiger partial charge on any atom is 0.286 e. The highest BCUT2D eigenvalue weighted by molar-refractivity contribution is 5.98. The van der Waals surface area contributed by atoms with Crippen LogP contribution in [0.25, 0.3) is 22.0 Å². The summed E-state index contributed by atoms with van der Waals surface area (Å²) < 4.78 is 0. The van der Waals surface area contributed by atoms with E-state index < -0.39 is 5.91 Å². The first-order valence-electron chi connectivity index (χ1n) is 7.03. The fraction of sp³-hybridized carbons (Fsp3) is 0. The SMILES string of the molecule is C=CC(=O)Nc1cc(-c2ccc3cnc(C(N)=O)nc3c2)ccn1. The summed E-state index contributed by atoms with van der Waals surface area (Å²) in [6.45, 7) is 3.40. The number of primary amides is 1. The standard InChI is InChI=1S/C17H13N5O2/c1-2-15(23)22-14-8-11(5-6-19-14)10-3-4-12-9-20-17(16(18)24)21-13(12)7-10/h2-9H,1H2,(H2,18,24)(H,19,22,23). The van der Waals surface area contributed by atoms with Gasteiger partial charge in [0.15, 0.2) is 0 Å². The van der Waals surface area contributed by atoms with Crippen LogP contribution in [0.5, 0.6) is 0 Å². The smallest absolute Gasteiger partial charge is 0.286 e. The Morgan fingerprint density at radius 2 is 1.92 bits per heavy atom. The molecule has 7 heteroatoms. The quantitative estimate of drug-likeness (QED) is 0.714. The number of hydrogen-bond acceptors (Lipinski definition) is 5. The molecule has 0 fully saturated rings. The van der Waals surface area contributed by atoms with E-state index in [0.29, 0.717) is 11.3 Å². The van der Waals surface area contributed by atoms with Gasteiger partial charge in [0.2, 0.25) is 11.7 Å². The van der Waals surface area contributed by atoms with Gasteiger partial charge in [0, 0.05) is 17.8 Å². The van der Waals surface area contributed by atoms with Gasteiger partial charge in [0.1, 0.15) is 5.82 Å². The second-order valence-corrected chi connectivity index (χ2v) is 4.95. The zero-order valence-corrected chi connectivity index (χ0v) is 12.6. The van der Waals surface area contributed by atoms with Gasteiger partial charge in [-0.25, -0.2) is 15.0 Å². The van der Waals surface area contributed by atoms with Crippen LogP contribution in [0.2, 0.25) is 0 Å². The second-order valence-electron chi connectivity index (χ2n) is 4.95. The van der Waals surface area contributed by atoms with Crippen LogP contribution in [0.3, 0.4) is 0 Å². The highest BCUT2D eigenvalue weighted by Crippen LogP contribution is 2.24. The van der Waals surface area contributed by atoms with E-state index in [4.69, 9.17) is 5.73 Å². The number of aromatic nitrogens is 3. The minimum absolute atomic E-state index is 0.0340. The Labute approximate surface area is 137 Å². The van der Waals surface area contributed by atoms with Crippen LogP contribution in [0.15, 0.2) is 55.4 Å². The van der Waals surface area contributed by atoms with E-state index in [1.54, 1.807) is 24.5 Å². The molecule has 0 atom stereocenters. The van der Waals surface area contributed by atoms with Crippen molar-refractivity contribution in [2.45, 2.75) is 0 Å². The maximum absolute atomic E-state index is 11.4. The molecule has 24 heavy (non-hydrogen) atoms. The molecule has 0 radical (unpaired) electrons. The maximum atomic E-state index is 11.4. The summed E-state index contributed by atoms with van der Waals surface area (Å²) in [5.41, 5.74) is 7.51. The van der Waals surface area contributed by atoms with Crippen molar-refractivity contribution in [2.24, 2.45) is 5.73 Å². The summed E-state index contributed by atoms with van der Waals surface area (Å²) in [5, 5.41) is 3.40. The Bertz CT molecular complexity index is 968. The number of pyridine rings is 1. The molecular formula is C17H13N5O2. The Hall–Kier alpha value is -3.61. The number of hydrogen-bond donors (Lipinski definition) is 2. The van der Waals surface area contributed by atoms with Crippen molar-refractivity contribution in [3.05, 3.63) is 61.2 Å². The van der Waals surface area contributed by atoms with Crippen molar-refractivity contribution >= 4 is 28.5 Å². The number of nitrogens with two attached hydrogens (primary N) is 1. The molecule has 0 saturated carbocycles. The third-order valence-corrected chi connectivity index (χ3v) is 3.33. The van der Waals surface area contributed by atoms with E-state index in [2.05, 4.69) is 26.8 Å². The largest absolute Gasteiger partial charge is 0.363 e. The third-order valence-electron chi connectivity index (χ3n) is 3.33. The molecule has 2 heterocycles. The summed E-state index contributed by atoms with van der Waals surface area (Å²) in [4.78, 5) is 34.8. The number of anilines is 1. The molecule has 2 aromatic heterocycles. The van der Waals surface area contributed by atoms with Gasteiger partial charge < -0.3 is 11.1 Å². The average molecular weight is 319 g/mol. The van der Waals surface area contributed by atoms with Crippen LogP contribution in [-0.2, 0) is 4.79 Å². The highest BCUT2D eigenvalue weighted by atomic mass is 16.2. The molecule has 0 saturated heterocycles. The third kappa shape index (κ3) is 3.09.